The van der Waals surface area contributed by atoms with Gasteiger partial charge in [0.05, 0.1) is 0 Å². The molecule has 0 aromatic carbocycles. The van der Waals surface area contributed by atoms with Crippen molar-refractivity contribution in [2.45, 2.75) is 9.24 Å². The van der Waals surface area contributed by atoms with Crippen molar-refractivity contribution in [1.29, 1.82) is 0 Å². The molecule has 0 spiro atoms. The first-order chi connectivity index (χ1) is 3.84. The molecular weight excluding hydrogens is 160 g/mol. The van der Waals surface area contributed by atoms with E-state index in [0.29, 0.717) is 0 Å². The Balaban J connectivity index is 2.92. The van der Waals surface area contributed by atoms with E-state index in [4.69, 9.17) is 0 Å². The van der Waals surface area contributed by atoms with E-state index < -0.39 is 0 Å². The molecule has 1 rings (SSSR count). The van der Waals surface area contributed by atoms with E-state index in [9.17, 15) is 0 Å². The molecule has 0 atom stereocenters. The minimum absolute atomic E-state index is 0.900. The lowest BCUT2D eigenvalue weighted by Gasteiger charge is -1.81. The zero-order valence-corrected chi connectivity index (χ0v) is 6.69. The number of thiol groups is 1. The molecule has 2 nitrogen and oxygen atoms in total. The molecule has 0 radical (unpaired) electrons. The fourth-order valence-electron chi connectivity index (χ4n) is 0.306. The average Bonchev–Trinajstić information content (AvgIpc) is 2.14. The van der Waals surface area contributed by atoms with Crippen LogP contribution in [0.1, 0.15) is 0 Å². The molecule has 0 saturated heterocycles. The van der Waals surface area contributed by atoms with Crippen LogP contribution in [0, 0.1) is 0 Å². The first-order valence-corrected chi connectivity index (χ1v) is 4.34. The standard InChI is InChI=1S/C3H4N2S3/c1-7-2-3(6)8-5-4-2/h6H,1H3. The van der Waals surface area contributed by atoms with Crippen molar-refractivity contribution in [2.75, 3.05) is 6.26 Å². The molecule has 1 aromatic rings. The summed E-state index contributed by atoms with van der Waals surface area (Å²) >= 11 is 6.98. The van der Waals surface area contributed by atoms with Crippen molar-refractivity contribution >= 4 is 35.9 Å². The normalized spacial score (nSPS) is 9.75. The zero-order chi connectivity index (χ0) is 5.98. The maximum atomic E-state index is 4.10. The van der Waals surface area contributed by atoms with Gasteiger partial charge in [-0.25, -0.2) is 0 Å². The average molecular weight is 164 g/mol. The fraction of sp³-hybridized carbons (Fsp3) is 0.333. The van der Waals surface area contributed by atoms with E-state index in [-0.39, 0.29) is 0 Å². The molecule has 0 fully saturated rings. The van der Waals surface area contributed by atoms with Crippen molar-refractivity contribution < 1.29 is 0 Å². The highest BCUT2D eigenvalue weighted by Gasteiger charge is 1.98. The fourth-order valence-corrected chi connectivity index (χ4v) is 1.76. The van der Waals surface area contributed by atoms with Gasteiger partial charge in [-0.05, 0) is 17.8 Å². The summed E-state index contributed by atoms with van der Waals surface area (Å²) in [5.41, 5.74) is 0. The smallest absolute Gasteiger partial charge is 0.130 e. The Bertz CT molecular complexity index is 173. The minimum atomic E-state index is 0.900. The second-order valence-corrected chi connectivity index (χ2v) is 3.39. The third-order valence-corrected chi connectivity index (χ3v) is 2.57. The summed E-state index contributed by atoms with van der Waals surface area (Å²) in [6.45, 7) is 0. The van der Waals surface area contributed by atoms with Gasteiger partial charge in [0.1, 0.15) is 9.24 Å². The van der Waals surface area contributed by atoms with Crippen LogP contribution >= 0.6 is 35.9 Å². The van der Waals surface area contributed by atoms with E-state index in [2.05, 4.69) is 22.2 Å². The number of aromatic nitrogens is 2. The number of rotatable bonds is 1. The third-order valence-electron chi connectivity index (χ3n) is 0.635. The zero-order valence-electron chi connectivity index (χ0n) is 4.16. The first-order valence-electron chi connectivity index (χ1n) is 1.90. The highest BCUT2D eigenvalue weighted by Crippen LogP contribution is 2.22. The van der Waals surface area contributed by atoms with Crippen LogP contribution in [0.25, 0.3) is 0 Å². The van der Waals surface area contributed by atoms with Gasteiger partial charge in [-0.3, -0.25) is 0 Å². The number of hydrogen-bond donors (Lipinski definition) is 1. The topological polar surface area (TPSA) is 25.8 Å². The maximum Gasteiger partial charge on any atom is 0.145 e. The summed E-state index contributed by atoms with van der Waals surface area (Å²) in [4.78, 5) is 0. The minimum Gasteiger partial charge on any atom is -0.130 e. The van der Waals surface area contributed by atoms with E-state index in [1.807, 2.05) is 6.26 Å². The summed E-state index contributed by atoms with van der Waals surface area (Å²) in [7, 11) is 0. The van der Waals surface area contributed by atoms with Crippen LogP contribution in [-0.2, 0) is 0 Å². The first kappa shape index (κ1) is 6.38. The molecule has 0 bridgehead atoms. The van der Waals surface area contributed by atoms with Crippen molar-refractivity contribution in [2.24, 2.45) is 0 Å². The van der Waals surface area contributed by atoms with Crippen molar-refractivity contribution in [3.05, 3.63) is 0 Å². The Morgan fingerprint density at radius 2 is 2.50 bits per heavy atom. The number of thioether (sulfide) groups is 1. The summed E-state index contributed by atoms with van der Waals surface area (Å²) in [6.07, 6.45) is 1.95. The Labute approximate surface area is 61.3 Å². The van der Waals surface area contributed by atoms with Crippen molar-refractivity contribution in [3.8, 4) is 0 Å². The third kappa shape index (κ3) is 1.15. The van der Waals surface area contributed by atoms with E-state index in [1.165, 1.54) is 11.5 Å². The van der Waals surface area contributed by atoms with E-state index >= 15 is 0 Å². The maximum absolute atomic E-state index is 4.10. The summed E-state index contributed by atoms with van der Waals surface area (Å²) in [5, 5.41) is 4.70. The van der Waals surface area contributed by atoms with Crippen LogP contribution in [-0.4, -0.2) is 15.8 Å². The summed E-state index contributed by atoms with van der Waals surface area (Å²) in [6, 6.07) is 0. The monoisotopic (exact) mass is 164 g/mol. The Hall–Kier alpha value is 0.260. The van der Waals surface area contributed by atoms with Gasteiger partial charge >= 0.3 is 0 Å². The Kier molecular flexibility index (Phi) is 2.16. The van der Waals surface area contributed by atoms with Crippen LogP contribution in [0.3, 0.4) is 0 Å². The highest BCUT2D eigenvalue weighted by molar-refractivity contribution is 7.99. The molecule has 0 N–H and O–H groups in total. The van der Waals surface area contributed by atoms with E-state index in [1.54, 1.807) is 11.8 Å². The van der Waals surface area contributed by atoms with Gasteiger partial charge in [-0.15, -0.1) is 29.5 Å². The highest BCUT2D eigenvalue weighted by atomic mass is 32.2. The largest absolute Gasteiger partial charge is 0.145 e. The lowest BCUT2D eigenvalue weighted by Crippen LogP contribution is -1.67. The molecule has 44 valence electrons. The van der Waals surface area contributed by atoms with Gasteiger partial charge in [-0.2, -0.15) is 0 Å². The number of hydrogen-bond acceptors (Lipinski definition) is 5. The van der Waals surface area contributed by atoms with Crippen LogP contribution in [0.4, 0.5) is 0 Å². The molecule has 0 aliphatic carbocycles. The summed E-state index contributed by atoms with van der Waals surface area (Å²) < 4.78 is 4.59. The molecule has 0 unspecified atom stereocenters. The predicted molar refractivity (Wildman–Crippen MR) is 38.9 cm³/mol. The molecular formula is C3H4N2S3. The molecule has 0 aliphatic rings. The van der Waals surface area contributed by atoms with Gasteiger partial charge in [0.25, 0.3) is 0 Å². The van der Waals surface area contributed by atoms with Crippen molar-refractivity contribution in [3.63, 3.8) is 0 Å². The lowest BCUT2D eigenvalue weighted by molar-refractivity contribution is 1.01. The summed E-state index contributed by atoms with van der Waals surface area (Å²) in [5.74, 6) is 0. The SMILES string of the molecule is CSc1nnsc1S. The quantitative estimate of drug-likeness (QED) is 0.504. The molecule has 8 heavy (non-hydrogen) atoms. The van der Waals surface area contributed by atoms with Crippen LogP contribution in [0.2, 0.25) is 0 Å². The molecule has 5 heteroatoms. The molecule has 0 amide bonds. The molecule has 1 heterocycles. The van der Waals surface area contributed by atoms with E-state index in [0.717, 1.165) is 9.24 Å². The molecule has 0 aliphatic heterocycles. The number of nitrogens with zero attached hydrogens (tertiary/aromatic N) is 2. The predicted octanol–water partition coefficient (Wildman–Crippen LogP) is 1.55. The second-order valence-electron chi connectivity index (χ2n) is 1.09. The van der Waals surface area contributed by atoms with Crippen LogP contribution in [0.5, 0.6) is 0 Å². The van der Waals surface area contributed by atoms with Gasteiger partial charge in [0, 0.05) is 0 Å². The van der Waals surface area contributed by atoms with Gasteiger partial charge < -0.3 is 0 Å². The molecule has 1 aromatic heterocycles. The van der Waals surface area contributed by atoms with Gasteiger partial charge in [0.15, 0.2) is 0 Å². The molecule has 0 saturated carbocycles. The Morgan fingerprint density at radius 3 is 2.75 bits per heavy atom. The van der Waals surface area contributed by atoms with Crippen LogP contribution in [0.15, 0.2) is 9.24 Å². The van der Waals surface area contributed by atoms with Gasteiger partial charge in [-0.1, -0.05) is 4.49 Å². The van der Waals surface area contributed by atoms with Crippen molar-refractivity contribution in [1.82, 2.24) is 9.59 Å². The van der Waals surface area contributed by atoms with Crippen LogP contribution < -0.4 is 0 Å². The van der Waals surface area contributed by atoms with Gasteiger partial charge in [0.2, 0.25) is 0 Å². The Morgan fingerprint density at radius 1 is 1.75 bits per heavy atom. The second kappa shape index (κ2) is 2.70. The lowest BCUT2D eigenvalue weighted by atomic mass is 11.0.